The summed E-state index contributed by atoms with van der Waals surface area (Å²) in [4.78, 5) is 9.73. The molecule has 3 nitrogen and oxygen atoms in total. The van der Waals surface area contributed by atoms with Crippen molar-refractivity contribution in [2.24, 2.45) is 4.58 Å². The van der Waals surface area contributed by atoms with E-state index < -0.39 is 0 Å². The first-order chi connectivity index (χ1) is 4.12. The van der Waals surface area contributed by atoms with Crippen molar-refractivity contribution in [3.63, 3.8) is 0 Å². The minimum Gasteiger partial charge on any atom is -0.396 e. The van der Waals surface area contributed by atoms with E-state index >= 15 is 0 Å². The van der Waals surface area contributed by atoms with Gasteiger partial charge in [0, 0.05) is 27.9 Å². The summed E-state index contributed by atoms with van der Waals surface area (Å²) in [5.74, 6) is 0. The summed E-state index contributed by atoms with van der Waals surface area (Å²) in [5, 5.41) is 8.47. The highest BCUT2D eigenvalue weighted by Gasteiger charge is 2.18. The molecule has 0 rings (SSSR count). The Kier molecular flexibility index (Phi) is 3.81. The smallest absolute Gasteiger partial charge is 0.0444 e. The Labute approximate surface area is 58.9 Å². The molecule has 0 atom stereocenters. The molecule has 0 unspecified atom stereocenters. The zero-order chi connectivity index (χ0) is 7.33. The number of aliphatic hydroxyl groups is 1. The van der Waals surface area contributed by atoms with E-state index in [9.17, 15) is 4.91 Å². The number of hydrogen-bond donors (Lipinski definition) is 1. The Bertz CT molecular complexity index is 95.0. The van der Waals surface area contributed by atoms with Crippen molar-refractivity contribution >= 4 is 11.9 Å². The lowest BCUT2D eigenvalue weighted by atomic mass is 10.1. The summed E-state index contributed by atoms with van der Waals surface area (Å²) in [5.41, 5.74) is 0. The van der Waals surface area contributed by atoms with Crippen LogP contribution in [0.15, 0.2) is 4.58 Å². The summed E-state index contributed by atoms with van der Waals surface area (Å²) in [6.45, 7) is 3.85. The molecular formula is C5H11NO2S. The Balaban J connectivity index is 3.55. The number of hydrogen-bond acceptors (Lipinski definition) is 4. The van der Waals surface area contributed by atoms with Crippen LogP contribution in [0, 0.1) is 4.91 Å². The second kappa shape index (κ2) is 3.85. The third kappa shape index (κ3) is 4.42. The van der Waals surface area contributed by atoms with Gasteiger partial charge in [-0.3, -0.25) is 0 Å². The normalized spacial score (nSPS) is 11.4. The largest absolute Gasteiger partial charge is 0.396 e. The Morgan fingerprint density at radius 2 is 2.22 bits per heavy atom. The second-order valence-corrected chi connectivity index (χ2v) is 3.84. The number of rotatable bonds is 4. The van der Waals surface area contributed by atoms with E-state index in [-0.39, 0.29) is 11.4 Å². The van der Waals surface area contributed by atoms with Crippen LogP contribution >= 0.6 is 11.9 Å². The van der Waals surface area contributed by atoms with E-state index in [2.05, 4.69) is 4.58 Å². The van der Waals surface area contributed by atoms with Crippen LogP contribution in [0.3, 0.4) is 0 Å². The van der Waals surface area contributed by atoms with Gasteiger partial charge in [-0.05, 0) is 20.3 Å². The minimum atomic E-state index is -0.212. The van der Waals surface area contributed by atoms with Gasteiger partial charge in [0.2, 0.25) is 0 Å². The molecule has 0 aliphatic heterocycles. The predicted molar refractivity (Wildman–Crippen MR) is 39.2 cm³/mol. The fraction of sp³-hybridized carbons (Fsp3) is 1.00. The molecule has 0 aliphatic rings. The van der Waals surface area contributed by atoms with Gasteiger partial charge in [0.1, 0.15) is 0 Å². The van der Waals surface area contributed by atoms with Gasteiger partial charge in [0.15, 0.2) is 0 Å². The maximum absolute atomic E-state index is 9.73. The maximum atomic E-state index is 9.73. The van der Waals surface area contributed by atoms with Gasteiger partial charge in [-0.15, -0.1) is 4.91 Å². The van der Waals surface area contributed by atoms with Crippen LogP contribution < -0.4 is 0 Å². The highest BCUT2D eigenvalue weighted by Crippen LogP contribution is 2.27. The van der Waals surface area contributed by atoms with Crippen LogP contribution in [0.25, 0.3) is 0 Å². The monoisotopic (exact) mass is 149 g/mol. The summed E-state index contributed by atoms with van der Waals surface area (Å²) in [6, 6.07) is 0. The molecule has 0 aromatic rings. The summed E-state index contributed by atoms with van der Waals surface area (Å²) in [7, 11) is 0. The molecule has 54 valence electrons. The van der Waals surface area contributed by atoms with Crippen LogP contribution in [0.1, 0.15) is 20.3 Å². The average molecular weight is 149 g/mol. The van der Waals surface area contributed by atoms with E-state index in [4.69, 9.17) is 5.11 Å². The lowest BCUT2D eigenvalue weighted by molar-refractivity contribution is 0.275. The van der Waals surface area contributed by atoms with Gasteiger partial charge in [-0.25, -0.2) is 0 Å². The van der Waals surface area contributed by atoms with Crippen LogP contribution in [0.4, 0.5) is 0 Å². The molecule has 0 spiro atoms. The molecule has 0 radical (unpaired) electrons. The molecule has 0 bridgehead atoms. The van der Waals surface area contributed by atoms with Gasteiger partial charge in [0.05, 0.1) is 0 Å². The van der Waals surface area contributed by atoms with Crippen LogP contribution in [-0.2, 0) is 0 Å². The highest BCUT2D eigenvalue weighted by molar-refractivity contribution is 7.99. The van der Waals surface area contributed by atoms with Crippen molar-refractivity contribution in [3.8, 4) is 0 Å². The summed E-state index contributed by atoms with van der Waals surface area (Å²) in [6.07, 6.45) is 0.601. The first-order valence-electron chi connectivity index (χ1n) is 2.74. The first-order valence-corrected chi connectivity index (χ1v) is 3.51. The molecule has 0 saturated carbocycles. The van der Waals surface area contributed by atoms with Crippen molar-refractivity contribution in [1.29, 1.82) is 0 Å². The summed E-state index contributed by atoms with van der Waals surface area (Å²) >= 11 is 0.968. The number of nitroso groups, excluding NO2 is 1. The molecule has 9 heavy (non-hydrogen) atoms. The van der Waals surface area contributed by atoms with E-state index in [1.54, 1.807) is 0 Å². The van der Waals surface area contributed by atoms with Gasteiger partial charge in [0.25, 0.3) is 0 Å². The summed E-state index contributed by atoms with van der Waals surface area (Å²) < 4.78 is 2.47. The zero-order valence-electron chi connectivity index (χ0n) is 5.63. The van der Waals surface area contributed by atoms with Crippen molar-refractivity contribution in [2.75, 3.05) is 6.61 Å². The number of aliphatic hydroxyl groups excluding tert-OH is 1. The zero-order valence-corrected chi connectivity index (χ0v) is 6.44. The van der Waals surface area contributed by atoms with E-state index in [1.165, 1.54) is 0 Å². The Hall–Kier alpha value is -0.0900. The average Bonchev–Trinajstić information content (AvgIpc) is 1.64. The standard InChI is InChI=1S/C5H11NO2S/c1-5(2,3-4-7)9-6-8/h7H,3-4H2,1-2H3. The third-order valence-electron chi connectivity index (χ3n) is 0.998. The topological polar surface area (TPSA) is 49.7 Å². The molecule has 0 saturated heterocycles. The fourth-order valence-corrected chi connectivity index (χ4v) is 0.800. The predicted octanol–water partition coefficient (Wildman–Crippen LogP) is 1.56. The van der Waals surface area contributed by atoms with Gasteiger partial charge in [-0.1, -0.05) is 0 Å². The molecular weight excluding hydrogens is 138 g/mol. The lowest BCUT2D eigenvalue weighted by Crippen LogP contribution is -2.14. The first kappa shape index (κ1) is 8.91. The lowest BCUT2D eigenvalue weighted by Gasteiger charge is -2.16. The van der Waals surface area contributed by atoms with Crippen LogP contribution in [0.5, 0.6) is 0 Å². The molecule has 0 aromatic carbocycles. The molecule has 0 aromatic heterocycles. The molecule has 1 N–H and O–H groups in total. The van der Waals surface area contributed by atoms with Crippen molar-refractivity contribution in [3.05, 3.63) is 4.91 Å². The fourth-order valence-electron chi connectivity index (χ4n) is 0.416. The highest BCUT2D eigenvalue weighted by atomic mass is 32.2. The van der Waals surface area contributed by atoms with Crippen molar-refractivity contribution in [2.45, 2.75) is 25.0 Å². The van der Waals surface area contributed by atoms with Gasteiger partial charge in [-0.2, -0.15) is 0 Å². The third-order valence-corrected chi connectivity index (χ3v) is 1.77. The molecule has 0 aliphatic carbocycles. The van der Waals surface area contributed by atoms with Crippen LogP contribution in [0.2, 0.25) is 0 Å². The molecule has 0 heterocycles. The second-order valence-electron chi connectivity index (χ2n) is 2.40. The van der Waals surface area contributed by atoms with Gasteiger partial charge >= 0.3 is 0 Å². The van der Waals surface area contributed by atoms with Gasteiger partial charge < -0.3 is 5.11 Å². The van der Waals surface area contributed by atoms with E-state index in [1.807, 2.05) is 13.8 Å². The number of nitrogens with zero attached hydrogens (tertiary/aromatic N) is 1. The maximum Gasteiger partial charge on any atom is 0.0444 e. The Morgan fingerprint density at radius 1 is 1.67 bits per heavy atom. The minimum absolute atomic E-state index is 0.107. The molecule has 0 amide bonds. The van der Waals surface area contributed by atoms with Crippen molar-refractivity contribution < 1.29 is 5.11 Å². The van der Waals surface area contributed by atoms with Crippen molar-refractivity contribution in [1.82, 2.24) is 0 Å². The molecule has 0 fully saturated rings. The van der Waals surface area contributed by atoms with E-state index in [0.717, 1.165) is 11.9 Å². The van der Waals surface area contributed by atoms with Crippen LogP contribution in [-0.4, -0.2) is 16.5 Å². The van der Waals surface area contributed by atoms with E-state index in [0.29, 0.717) is 6.42 Å². The molecule has 4 heteroatoms. The quantitative estimate of drug-likeness (QED) is 0.487. The SMILES string of the molecule is CC(C)(CCO)SN=O. The Morgan fingerprint density at radius 3 is 2.56 bits per heavy atom.